The van der Waals surface area contributed by atoms with E-state index >= 15 is 0 Å². The average molecular weight is 741 g/mol. The van der Waals surface area contributed by atoms with Gasteiger partial charge in [0, 0.05) is 26.2 Å². The van der Waals surface area contributed by atoms with E-state index in [0.717, 1.165) is 93.8 Å². The SMILES string of the molecule is COc1cc([C@@H](C(=O)N2CCC[C@H]2C(=O)O[C@H](CCc2ccc(C)c(C)c2)c2cccc(OCCN3CCOCC3)c2)C2CCCCC2)cc(C)c1OC. The summed E-state index contributed by atoms with van der Waals surface area (Å²) in [5.74, 6) is 1.55. The zero-order valence-electron chi connectivity index (χ0n) is 33.1. The Balaban J connectivity index is 1.22. The van der Waals surface area contributed by atoms with Crippen molar-refractivity contribution in [3.63, 3.8) is 0 Å². The van der Waals surface area contributed by atoms with Gasteiger partial charge in [-0.15, -0.1) is 0 Å². The molecule has 1 amide bonds. The van der Waals surface area contributed by atoms with Crippen LogP contribution in [0.25, 0.3) is 0 Å². The molecule has 0 spiro atoms. The molecule has 0 aromatic heterocycles. The molecule has 0 radical (unpaired) electrons. The third-order valence-corrected chi connectivity index (χ3v) is 11.8. The van der Waals surface area contributed by atoms with Crippen LogP contribution in [0.3, 0.4) is 0 Å². The van der Waals surface area contributed by atoms with Crippen LogP contribution < -0.4 is 14.2 Å². The van der Waals surface area contributed by atoms with Gasteiger partial charge >= 0.3 is 5.97 Å². The van der Waals surface area contributed by atoms with Crippen molar-refractivity contribution in [2.24, 2.45) is 5.92 Å². The monoisotopic (exact) mass is 740 g/mol. The Bertz CT molecular complexity index is 1710. The zero-order chi connectivity index (χ0) is 38.0. The van der Waals surface area contributed by atoms with Gasteiger partial charge < -0.3 is 28.6 Å². The smallest absolute Gasteiger partial charge is 0.329 e. The van der Waals surface area contributed by atoms with Crippen molar-refractivity contribution in [1.82, 2.24) is 9.80 Å². The maximum Gasteiger partial charge on any atom is 0.329 e. The number of rotatable bonds is 15. The minimum Gasteiger partial charge on any atom is -0.493 e. The van der Waals surface area contributed by atoms with E-state index in [9.17, 15) is 9.59 Å². The Morgan fingerprint density at radius 3 is 2.35 bits per heavy atom. The second-order valence-electron chi connectivity index (χ2n) is 15.4. The molecule has 9 nitrogen and oxygen atoms in total. The lowest BCUT2D eigenvalue weighted by atomic mass is 9.75. The Morgan fingerprint density at radius 2 is 1.61 bits per heavy atom. The molecule has 3 fully saturated rings. The maximum absolute atomic E-state index is 14.8. The first kappa shape index (κ1) is 39.6. The van der Waals surface area contributed by atoms with Gasteiger partial charge in [-0.1, -0.05) is 55.7 Å². The molecule has 3 aliphatic rings. The number of carbonyl (C=O) groups is 2. The number of carbonyl (C=O) groups excluding carboxylic acids is 2. The van der Waals surface area contributed by atoms with Crippen molar-refractivity contribution < 1.29 is 33.3 Å². The van der Waals surface area contributed by atoms with Gasteiger partial charge in [0.25, 0.3) is 0 Å². The molecular formula is C45H60N2O7. The van der Waals surface area contributed by atoms with E-state index in [1.807, 2.05) is 42.2 Å². The fraction of sp³-hybridized carbons (Fsp3) is 0.556. The number of ether oxygens (including phenoxy) is 5. The highest BCUT2D eigenvalue weighted by atomic mass is 16.5. The number of morpholine rings is 1. The number of hydrogen-bond donors (Lipinski definition) is 0. The maximum atomic E-state index is 14.8. The summed E-state index contributed by atoms with van der Waals surface area (Å²) in [6.45, 7) is 11.5. The van der Waals surface area contributed by atoms with Gasteiger partial charge in [0.1, 0.15) is 24.5 Å². The summed E-state index contributed by atoms with van der Waals surface area (Å²) >= 11 is 0. The van der Waals surface area contributed by atoms with Crippen LogP contribution in [0.15, 0.2) is 54.6 Å². The fourth-order valence-corrected chi connectivity index (χ4v) is 8.59. The van der Waals surface area contributed by atoms with E-state index in [2.05, 4.69) is 43.0 Å². The lowest BCUT2D eigenvalue weighted by Gasteiger charge is -2.35. The molecule has 292 valence electrons. The van der Waals surface area contributed by atoms with Gasteiger partial charge in [-0.25, -0.2) is 4.79 Å². The van der Waals surface area contributed by atoms with Crippen LogP contribution in [-0.2, 0) is 25.5 Å². The highest BCUT2D eigenvalue weighted by Crippen LogP contribution is 2.43. The van der Waals surface area contributed by atoms with Crippen LogP contribution >= 0.6 is 0 Å². The quantitative estimate of drug-likeness (QED) is 0.145. The van der Waals surface area contributed by atoms with Gasteiger partial charge in [0.2, 0.25) is 5.91 Å². The van der Waals surface area contributed by atoms with E-state index < -0.39 is 12.1 Å². The number of methoxy groups -OCH3 is 2. The zero-order valence-corrected chi connectivity index (χ0v) is 33.1. The standard InChI is InChI=1S/C45H60N2O7/c1-31-16-17-34(27-32(31)2)18-19-40(36-13-9-14-38(29-36)53-26-23-46-21-24-52-25-22-46)54-45(49)39-15-10-20-47(39)44(48)42(35-11-7-6-8-12-35)37-28-33(3)43(51-5)41(30-37)50-4/h9,13-14,16-17,27-30,35,39-40,42H,6-8,10-12,15,18-26H2,1-5H3/t39-,40+,42-/m0/s1. The average Bonchev–Trinajstić information content (AvgIpc) is 3.69. The summed E-state index contributed by atoms with van der Waals surface area (Å²) < 4.78 is 29.6. The van der Waals surface area contributed by atoms with Crippen molar-refractivity contribution in [2.75, 3.05) is 60.2 Å². The first-order valence-electron chi connectivity index (χ1n) is 20.1. The Labute approximate surface area is 322 Å². The molecule has 54 heavy (non-hydrogen) atoms. The molecule has 0 N–H and O–H groups in total. The second-order valence-corrected chi connectivity index (χ2v) is 15.4. The molecular weight excluding hydrogens is 681 g/mol. The van der Waals surface area contributed by atoms with Crippen molar-refractivity contribution in [3.8, 4) is 17.2 Å². The van der Waals surface area contributed by atoms with Gasteiger partial charge in [0.15, 0.2) is 11.5 Å². The lowest BCUT2D eigenvalue weighted by molar-refractivity contribution is -0.159. The van der Waals surface area contributed by atoms with Crippen LogP contribution in [0, 0.1) is 26.7 Å². The second kappa shape index (κ2) is 19.0. The van der Waals surface area contributed by atoms with Crippen LogP contribution in [0.5, 0.6) is 17.2 Å². The highest BCUT2D eigenvalue weighted by Gasteiger charge is 2.42. The number of hydrogen-bond acceptors (Lipinski definition) is 8. The number of nitrogens with zero attached hydrogens (tertiary/aromatic N) is 2. The molecule has 2 saturated heterocycles. The Hall–Kier alpha value is -4.08. The summed E-state index contributed by atoms with van der Waals surface area (Å²) in [6, 6.07) is 17.9. The van der Waals surface area contributed by atoms with E-state index in [-0.39, 0.29) is 23.7 Å². The summed E-state index contributed by atoms with van der Waals surface area (Å²) in [6.07, 6.45) is 7.56. The number of amides is 1. The first-order chi connectivity index (χ1) is 26.2. The van der Waals surface area contributed by atoms with Crippen molar-refractivity contribution in [1.29, 1.82) is 0 Å². The third-order valence-electron chi connectivity index (χ3n) is 11.8. The van der Waals surface area contributed by atoms with Crippen LogP contribution in [0.4, 0.5) is 0 Å². The van der Waals surface area contributed by atoms with E-state index in [0.29, 0.717) is 37.5 Å². The van der Waals surface area contributed by atoms with Crippen molar-refractivity contribution in [3.05, 3.63) is 88.0 Å². The molecule has 1 aliphatic carbocycles. The lowest BCUT2D eigenvalue weighted by Crippen LogP contribution is -2.45. The largest absolute Gasteiger partial charge is 0.493 e. The molecule has 9 heteroatoms. The summed E-state index contributed by atoms with van der Waals surface area (Å²) in [5, 5.41) is 0. The number of likely N-dealkylation sites (tertiary alicyclic amines) is 1. The van der Waals surface area contributed by atoms with Crippen molar-refractivity contribution >= 4 is 11.9 Å². The molecule has 0 bridgehead atoms. The highest BCUT2D eigenvalue weighted by molar-refractivity contribution is 5.90. The minimum absolute atomic E-state index is 0.00955. The van der Waals surface area contributed by atoms with Gasteiger partial charge in [-0.05, 0) is 117 Å². The fourth-order valence-electron chi connectivity index (χ4n) is 8.59. The number of aryl methyl sites for hydroxylation is 4. The number of benzene rings is 3. The molecule has 2 heterocycles. The van der Waals surface area contributed by atoms with Gasteiger partial charge in [0.05, 0.1) is 33.4 Å². The van der Waals surface area contributed by atoms with Gasteiger partial charge in [-0.2, -0.15) is 0 Å². The molecule has 0 unspecified atom stereocenters. The van der Waals surface area contributed by atoms with E-state index in [4.69, 9.17) is 23.7 Å². The summed E-state index contributed by atoms with van der Waals surface area (Å²) in [7, 11) is 3.27. The summed E-state index contributed by atoms with van der Waals surface area (Å²) in [4.78, 5) is 33.4. The molecule has 3 atom stereocenters. The normalized spacial score (nSPS) is 19.3. The molecule has 3 aromatic rings. The number of esters is 1. The minimum atomic E-state index is -0.637. The predicted octanol–water partition coefficient (Wildman–Crippen LogP) is 7.91. The predicted molar refractivity (Wildman–Crippen MR) is 211 cm³/mol. The van der Waals surface area contributed by atoms with Crippen LogP contribution in [0.1, 0.15) is 96.8 Å². The third kappa shape index (κ3) is 9.77. The molecule has 1 saturated carbocycles. The van der Waals surface area contributed by atoms with Gasteiger partial charge in [-0.3, -0.25) is 9.69 Å². The van der Waals surface area contributed by atoms with Crippen molar-refractivity contribution in [2.45, 2.75) is 96.6 Å². The van der Waals surface area contributed by atoms with E-state index in [1.54, 1.807) is 14.2 Å². The Kier molecular flexibility index (Phi) is 13.9. The molecule has 3 aromatic carbocycles. The van der Waals surface area contributed by atoms with E-state index in [1.165, 1.54) is 23.1 Å². The molecule has 2 aliphatic heterocycles. The first-order valence-corrected chi connectivity index (χ1v) is 20.1. The van der Waals surface area contributed by atoms with Crippen LogP contribution in [-0.4, -0.2) is 87.9 Å². The topological polar surface area (TPSA) is 86.8 Å². The summed E-state index contributed by atoms with van der Waals surface area (Å²) in [5.41, 5.74) is 6.45. The Morgan fingerprint density at radius 1 is 0.815 bits per heavy atom. The molecule has 6 rings (SSSR count). The van der Waals surface area contributed by atoms with Crippen LogP contribution in [0.2, 0.25) is 0 Å².